The van der Waals surface area contributed by atoms with Gasteiger partial charge in [0.25, 0.3) is 0 Å². The van der Waals surface area contributed by atoms with Crippen LogP contribution in [-0.2, 0) is 6.54 Å². The highest BCUT2D eigenvalue weighted by Crippen LogP contribution is 2.28. The molecule has 106 valence electrons. The van der Waals surface area contributed by atoms with E-state index in [1.165, 1.54) is 6.07 Å². The number of rotatable bonds is 5. The zero-order chi connectivity index (χ0) is 14.7. The summed E-state index contributed by atoms with van der Waals surface area (Å²) in [7, 11) is 3.49. The van der Waals surface area contributed by atoms with Crippen LogP contribution in [0.1, 0.15) is 11.3 Å². The van der Waals surface area contributed by atoms with E-state index < -0.39 is 4.92 Å². The Morgan fingerprint density at radius 1 is 1.45 bits per heavy atom. The first-order valence-electron chi connectivity index (χ1n) is 6.10. The highest BCUT2D eigenvalue weighted by Gasteiger charge is 2.20. The van der Waals surface area contributed by atoms with Crippen LogP contribution in [-0.4, -0.2) is 24.0 Å². The van der Waals surface area contributed by atoms with Crippen LogP contribution in [0.15, 0.2) is 28.9 Å². The van der Waals surface area contributed by atoms with Crippen molar-refractivity contribution in [2.24, 2.45) is 0 Å². The minimum atomic E-state index is -0.430. The second kappa shape index (κ2) is 5.60. The molecule has 0 aliphatic heterocycles. The fourth-order valence-electron chi connectivity index (χ4n) is 1.91. The number of nitro groups is 1. The van der Waals surface area contributed by atoms with Gasteiger partial charge in [0.2, 0.25) is 5.82 Å². The molecule has 0 unspecified atom stereocenters. The Labute approximate surface area is 116 Å². The molecule has 0 aliphatic rings. The van der Waals surface area contributed by atoms with E-state index in [1.807, 2.05) is 13.0 Å². The van der Waals surface area contributed by atoms with Gasteiger partial charge in [0, 0.05) is 32.3 Å². The average molecular weight is 276 g/mol. The van der Waals surface area contributed by atoms with Gasteiger partial charge in [0.15, 0.2) is 0 Å². The van der Waals surface area contributed by atoms with Crippen LogP contribution in [0.5, 0.6) is 0 Å². The molecule has 2 aromatic rings. The van der Waals surface area contributed by atoms with Crippen LogP contribution in [0, 0.1) is 17.0 Å². The smallest absolute Gasteiger partial charge is 0.311 e. The van der Waals surface area contributed by atoms with Crippen LogP contribution in [0.4, 0.5) is 17.3 Å². The minimum absolute atomic E-state index is 0.0207. The molecule has 7 heteroatoms. The molecule has 0 spiro atoms. The quantitative estimate of drug-likeness (QED) is 0.667. The van der Waals surface area contributed by atoms with E-state index in [1.54, 1.807) is 31.3 Å². The van der Waals surface area contributed by atoms with Gasteiger partial charge in [-0.05, 0) is 19.1 Å². The van der Waals surface area contributed by atoms with Gasteiger partial charge >= 0.3 is 5.69 Å². The highest BCUT2D eigenvalue weighted by atomic mass is 16.6. The maximum atomic E-state index is 11.1. The number of hydrogen-bond donors (Lipinski definition) is 1. The molecular weight excluding hydrogens is 260 g/mol. The van der Waals surface area contributed by atoms with Crippen molar-refractivity contribution in [2.45, 2.75) is 13.5 Å². The van der Waals surface area contributed by atoms with E-state index in [4.69, 9.17) is 4.42 Å². The summed E-state index contributed by atoms with van der Waals surface area (Å²) in [5.41, 5.74) is 0.950. The molecule has 20 heavy (non-hydrogen) atoms. The number of aromatic nitrogens is 1. The predicted octanol–water partition coefficient (Wildman–Crippen LogP) is 2.57. The summed E-state index contributed by atoms with van der Waals surface area (Å²) in [6.45, 7) is 2.35. The monoisotopic (exact) mass is 276 g/mol. The zero-order valence-electron chi connectivity index (χ0n) is 11.6. The molecule has 1 N–H and O–H groups in total. The lowest BCUT2D eigenvalue weighted by molar-refractivity contribution is -0.384. The topological polar surface area (TPSA) is 84.4 Å². The van der Waals surface area contributed by atoms with E-state index in [2.05, 4.69) is 10.3 Å². The molecule has 0 amide bonds. The summed E-state index contributed by atoms with van der Waals surface area (Å²) >= 11 is 0. The van der Waals surface area contributed by atoms with Gasteiger partial charge in [-0.2, -0.15) is 0 Å². The highest BCUT2D eigenvalue weighted by molar-refractivity contribution is 5.61. The molecule has 0 bridgehead atoms. The minimum Gasteiger partial charge on any atom is -0.469 e. The molecule has 0 aliphatic carbocycles. The van der Waals surface area contributed by atoms with Gasteiger partial charge in [-0.25, -0.2) is 4.98 Å². The van der Waals surface area contributed by atoms with Crippen molar-refractivity contribution in [3.8, 4) is 0 Å². The SMILES string of the molecule is CNc1ccc([N+](=O)[O-])c(N(C)Cc2ccoc2C)n1. The lowest BCUT2D eigenvalue weighted by atomic mass is 10.2. The van der Waals surface area contributed by atoms with Gasteiger partial charge in [0.1, 0.15) is 11.6 Å². The fraction of sp³-hybridized carbons (Fsp3) is 0.308. The normalized spacial score (nSPS) is 10.3. The number of hydrogen-bond acceptors (Lipinski definition) is 6. The van der Waals surface area contributed by atoms with Crippen LogP contribution >= 0.6 is 0 Å². The molecule has 0 atom stereocenters. The third-order valence-electron chi connectivity index (χ3n) is 3.04. The largest absolute Gasteiger partial charge is 0.469 e. The van der Waals surface area contributed by atoms with Crippen molar-refractivity contribution >= 4 is 17.3 Å². The fourth-order valence-corrected chi connectivity index (χ4v) is 1.91. The Morgan fingerprint density at radius 3 is 2.75 bits per heavy atom. The number of furan rings is 1. The molecule has 0 saturated heterocycles. The van der Waals surface area contributed by atoms with Crippen LogP contribution in [0.25, 0.3) is 0 Å². The summed E-state index contributed by atoms with van der Waals surface area (Å²) in [4.78, 5) is 16.7. The average Bonchev–Trinajstić information content (AvgIpc) is 2.83. The summed E-state index contributed by atoms with van der Waals surface area (Å²) in [6, 6.07) is 4.88. The first-order chi connectivity index (χ1) is 9.52. The molecule has 0 fully saturated rings. The van der Waals surface area contributed by atoms with Crippen molar-refractivity contribution in [3.63, 3.8) is 0 Å². The Morgan fingerprint density at radius 2 is 2.20 bits per heavy atom. The van der Waals surface area contributed by atoms with E-state index in [0.717, 1.165) is 11.3 Å². The standard InChI is InChI=1S/C13H16N4O3/c1-9-10(6-7-20-9)8-16(3)13-11(17(18)19)4-5-12(14-2)15-13/h4-7H,8H2,1-3H3,(H,14,15). The molecule has 2 heterocycles. The number of pyridine rings is 1. The summed E-state index contributed by atoms with van der Waals surface area (Å²) in [5.74, 6) is 1.70. The lowest BCUT2D eigenvalue weighted by Crippen LogP contribution is -2.19. The zero-order valence-corrected chi connectivity index (χ0v) is 11.6. The third-order valence-corrected chi connectivity index (χ3v) is 3.04. The molecular formula is C13H16N4O3. The summed E-state index contributed by atoms with van der Waals surface area (Å²) in [6.07, 6.45) is 1.60. The van der Waals surface area contributed by atoms with Crippen LogP contribution < -0.4 is 10.2 Å². The van der Waals surface area contributed by atoms with Crippen molar-refractivity contribution in [1.29, 1.82) is 0 Å². The Kier molecular flexibility index (Phi) is 3.88. The number of aryl methyl sites for hydroxylation is 1. The van der Waals surface area contributed by atoms with E-state index in [9.17, 15) is 10.1 Å². The van der Waals surface area contributed by atoms with E-state index in [0.29, 0.717) is 18.2 Å². The van der Waals surface area contributed by atoms with Gasteiger partial charge < -0.3 is 14.6 Å². The van der Waals surface area contributed by atoms with Crippen molar-refractivity contribution in [3.05, 3.63) is 45.9 Å². The van der Waals surface area contributed by atoms with Gasteiger partial charge in [-0.3, -0.25) is 10.1 Å². The van der Waals surface area contributed by atoms with Crippen molar-refractivity contribution in [1.82, 2.24) is 4.98 Å². The molecule has 0 saturated carbocycles. The van der Waals surface area contributed by atoms with Gasteiger partial charge in [0.05, 0.1) is 11.2 Å². The maximum absolute atomic E-state index is 11.1. The summed E-state index contributed by atoms with van der Waals surface area (Å²) < 4.78 is 5.23. The van der Waals surface area contributed by atoms with Crippen molar-refractivity contribution in [2.75, 3.05) is 24.3 Å². The van der Waals surface area contributed by atoms with Crippen molar-refractivity contribution < 1.29 is 9.34 Å². The molecule has 0 aromatic carbocycles. The van der Waals surface area contributed by atoms with Gasteiger partial charge in [-0.15, -0.1) is 0 Å². The Bertz CT molecular complexity index is 624. The van der Waals surface area contributed by atoms with Crippen LogP contribution in [0.3, 0.4) is 0 Å². The molecule has 2 aromatic heterocycles. The Hall–Kier alpha value is -2.57. The Balaban J connectivity index is 2.34. The molecule has 7 nitrogen and oxygen atoms in total. The maximum Gasteiger partial charge on any atom is 0.311 e. The first-order valence-corrected chi connectivity index (χ1v) is 6.10. The van der Waals surface area contributed by atoms with E-state index >= 15 is 0 Å². The van der Waals surface area contributed by atoms with E-state index in [-0.39, 0.29) is 5.69 Å². The second-order valence-electron chi connectivity index (χ2n) is 4.40. The second-order valence-corrected chi connectivity index (χ2v) is 4.40. The molecule has 2 rings (SSSR count). The number of anilines is 2. The number of nitrogens with one attached hydrogen (secondary N) is 1. The first kappa shape index (κ1) is 13.9. The number of nitrogens with zero attached hydrogens (tertiary/aromatic N) is 3. The predicted molar refractivity (Wildman–Crippen MR) is 76.0 cm³/mol. The van der Waals surface area contributed by atoms with Gasteiger partial charge in [-0.1, -0.05) is 0 Å². The summed E-state index contributed by atoms with van der Waals surface area (Å²) in [5, 5.41) is 14.0. The van der Waals surface area contributed by atoms with Crippen LogP contribution in [0.2, 0.25) is 0 Å². The lowest BCUT2D eigenvalue weighted by Gasteiger charge is -2.18. The third kappa shape index (κ3) is 2.71. The molecule has 0 radical (unpaired) electrons.